The predicted octanol–water partition coefficient (Wildman–Crippen LogP) is 3.13. The van der Waals surface area contributed by atoms with Crippen LogP contribution in [0.25, 0.3) is 0 Å². The number of aromatic nitrogens is 2. The summed E-state index contributed by atoms with van der Waals surface area (Å²) in [5.41, 5.74) is 1.28. The zero-order valence-corrected chi connectivity index (χ0v) is 15.3. The molecular formula is C14H12BrN3O3S2. The van der Waals surface area contributed by atoms with E-state index in [1.54, 1.807) is 23.9 Å². The van der Waals surface area contributed by atoms with E-state index in [0.717, 1.165) is 20.1 Å². The molecule has 3 rings (SSSR count). The van der Waals surface area contributed by atoms with Crippen molar-refractivity contribution in [2.75, 3.05) is 11.1 Å². The fourth-order valence-electron chi connectivity index (χ4n) is 2.14. The van der Waals surface area contributed by atoms with Gasteiger partial charge >= 0.3 is 5.97 Å². The van der Waals surface area contributed by atoms with Gasteiger partial charge in [0.2, 0.25) is 5.13 Å². The number of benzene rings is 1. The first-order valence-electron chi connectivity index (χ1n) is 6.83. The van der Waals surface area contributed by atoms with Crippen LogP contribution in [0.5, 0.6) is 0 Å². The number of ether oxygens (including phenoxy) is 1. The van der Waals surface area contributed by atoms with Crippen LogP contribution in [0.1, 0.15) is 22.8 Å². The highest BCUT2D eigenvalue weighted by Gasteiger charge is 2.31. The van der Waals surface area contributed by atoms with E-state index in [4.69, 9.17) is 4.74 Å². The topological polar surface area (TPSA) is 81.2 Å². The molecule has 1 aliphatic heterocycles. The molecule has 1 aromatic heterocycles. The number of carbonyl (C=O) groups is 2. The van der Waals surface area contributed by atoms with E-state index in [-0.39, 0.29) is 0 Å². The summed E-state index contributed by atoms with van der Waals surface area (Å²) in [4.78, 5) is 24.3. The second kappa shape index (κ2) is 6.98. The Morgan fingerprint density at radius 3 is 3.13 bits per heavy atom. The van der Waals surface area contributed by atoms with Crippen molar-refractivity contribution in [3.63, 3.8) is 0 Å². The molecule has 6 nitrogen and oxygen atoms in total. The number of cyclic esters (lactones) is 1. The molecule has 120 valence electrons. The Balaban J connectivity index is 1.72. The molecule has 0 spiro atoms. The number of anilines is 1. The largest absolute Gasteiger partial charge is 0.448 e. The second-order valence-corrected chi connectivity index (χ2v) is 8.10. The third kappa shape index (κ3) is 3.73. The van der Waals surface area contributed by atoms with Crippen molar-refractivity contribution in [3.05, 3.63) is 33.8 Å². The summed E-state index contributed by atoms with van der Waals surface area (Å²) >= 11 is 6.22. The molecule has 2 heterocycles. The number of nitrogens with zero attached hydrogens (tertiary/aromatic N) is 2. The highest BCUT2D eigenvalue weighted by atomic mass is 79.9. The SMILES string of the molecule is CCSc1nnc(NC(=O)C2Cc3cc(Br)ccc3C(=O)O2)s1. The van der Waals surface area contributed by atoms with Gasteiger partial charge in [0.25, 0.3) is 5.91 Å². The van der Waals surface area contributed by atoms with Crippen LogP contribution in [0.15, 0.2) is 27.0 Å². The quantitative estimate of drug-likeness (QED) is 0.471. The standard InChI is InChI=1S/C14H12BrN3O3S2/c1-2-22-14-18-17-13(23-14)16-11(19)10-6-7-5-8(15)3-4-9(7)12(20)21-10/h3-5,10H,2,6H2,1H3,(H,16,17,19). The molecule has 1 unspecified atom stereocenters. The lowest BCUT2D eigenvalue weighted by Crippen LogP contribution is -2.38. The predicted molar refractivity (Wildman–Crippen MR) is 92.0 cm³/mol. The molecule has 1 N–H and O–H groups in total. The Morgan fingerprint density at radius 2 is 2.35 bits per heavy atom. The van der Waals surface area contributed by atoms with E-state index in [1.165, 1.54) is 11.3 Å². The van der Waals surface area contributed by atoms with Gasteiger partial charge in [-0.1, -0.05) is 46.0 Å². The molecule has 0 saturated heterocycles. The Kier molecular flexibility index (Phi) is 4.98. The summed E-state index contributed by atoms with van der Waals surface area (Å²) in [5.74, 6) is 0.000602. The minimum Gasteiger partial charge on any atom is -0.448 e. The molecule has 2 aromatic rings. The molecule has 0 radical (unpaired) electrons. The third-order valence-corrected chi connectivity index (χ3v) is 5.49. The molecule has 1 amide bonds. The van der Waals surface area contributed by atoms with Crippen molar-refractivity contribution in [3.8, 4) is 0 Å². The van der Waals surface area contributed by atoms with Gasteiger partial charge in [-0.15, -0.1) is 10.2 Å². The normalized spacial score (nSPS) is 16.6. The maximum Gasteiger partial charge on any atom is 0.339 e. The maximum atomic E-state index is 12.3. The monoisotopic (exact) mass is 413 g/mol. The maximum absolute atomic E-state index is 12.3. The lowest BCUT2D eigenvalue weighted by molar-refractivity contribution is -0.125. The summed E-state index contributed by atoms with van der Waals surface area (Å²) in [6.07, 6.45) is -0.530. The molecule has 23 heavy (non-hydrogen) atoms. The van der Waals surface area contributed by atoms with Gasteiger partial charge in [-0.2, -0.15) is 0 Å². The number of nitrogens with one attached hydrogen (secondary N) is 1. The lowest BCUT2D eigenvalue weighted by atomic mass is 9.98. The third-order valence-electron chi connectivity index (χ3n) is 3.14. The average Bonchev–Trinajstić information content (AvgIpc) is 2.94. The minimum atomic E-state index is -0.865. The molecule has 1 aliphatic rings. The summed E-state index contributed by atoms with van der Waals surface area (Å²) in [7, 11) is 0. The Morgan fingerprint density at radius 1 is 1.52 bits per heavy atom. The van der Waals surface area contributed by atoms with Crippen LogP contribution >= 0.6 is 39.0 Å². The van der Waals surface area contributed by atoms with Gasteiger partial charge in [-0.05, 0) is 29.5 Å². The van der Waals surface area contributed by atoms with Gasteiger partial charge in [-0.3, -0.25) is 10.1 Å². The number of hydrogen-bond acceptors (Lipinski definition) is 7. The highest BCUT2D eigenvalue weighted by Crippen LogP contribution is 2.27. The van der Waals surface area contributed by atoms with Crippen LogP contribution in [0, 0.1) is 0 Å². The number of halogens is 1. The van der Waals surface area contributed by atoms with E-state index >= 15 is 0 Å². The minimum absolute atomic E-state index is 0.335. The van der Waals surface area contributed by atoms with Gasteiger partial charge in [0.1, 0.15) is 0 Å². The van der Waals surface area contributed by atoms with Gasteiger partial charge in [0.05, 0.1) is 5.56 Å². The average molecular weight is 414 g/mol. The number of carbonyl (C=O) groups excluding carboxylic acids is 2. The molecule has 1 aromatic carbocycles. The summed E-state index contributed by atoms with van der Waals surface area (Å²) in [5, 5.41) is 10.9. The smallest absolute Gasteiger partial charge is 0.339 e. The summed E-state index contributed by atoms with van der Waals surface area (Å²) in [6, 6.07) is 5.29. The van der Waals surface area contributed by atoms with Gasteiger partial charge in [0.15, 0.2) is 10.4 Å². The first-order valence-corrected chi connectivity index (χ1v) is 9.43. The molecule has 0 aliphatic carbocycles. The van der Waals surface area contributed by atoms with Crippen molar-refractivity contribution in [2.24, 2.45) is 0 Å². The van der Waals surface area contributed by atoms with E-state index < -0.39 is 18.0 Å². The number of hydrogen-bond donors (Lipinski definition) is 1. The summed E-state index contributed by atoms with van der Waals surface area (Å²) < 4.78 is 6.87. The van der Waals surface area contributed by atoms with Crippen LogP contribution in [0.4, 0.5) is 5.13 Å². The molecule has 0 bridgehead atoms. The lowest BCUT2D eigenvalue weighted by Gasteiger charge is -2.23. The zero-order chi connectivity index (χ0) is 16.4. The fraction of sp³-hybridized carbons (Fsp3) is 0.286. The first-order chi connectivity index (χ1) is 11.1. The van der Waals surface area contributed by atoms with Crippen LogP contribution in [0.2, 0.25) is 0 Å². The Bertz CT molecular complexity index is 765. The number of esters is 1. The van der Waals surface area contributed by atoms with Crippen molar-refractivity contribution >= 4 is 56.0 Å². The van der Waals surface area contributed by atoms with Gasteiger partial charge in [-0.25, -0.2) is 4.79 Å². The molecule has 1 atom stereocenters. The van der Waals surface area contributed by atoms with E-state index in [0.29, 0.717) is 17.1 Å². The van der Waals surface area contributed by atoms with Gasteiger partial charge < -0.3 is 4.74 Å². The number of rotatable bonds is 4. The molecule has 0 fully saturated rings. The van der Waals surface area contributed by atoms with Crippen molar-refractivity contribution in [2.45, 2.75) is 23.8 Å². The first kappa shape index (κ1) is 16.4. The molecule has 0 saturated carbocycles. The van der Waals surface area contributed by atoms with Crippen LogP contribution in [0.3, 0.4) is 0 Å². The Hall–Kier alpha value is -1.45. The van der Waals surface area contributed by atoms with E-state index in [9.17, 15) is 9.59 Å². The summed E-state index contributed by atoms with van der Waals surface area (Å²) in [6.45, 7) is 2.02. The van der Waals surface area contributed by atoms with E-state index in [1.807, 2.05) is 13.0 Å². The number of thioether (sulfide) groups is 1. The van der Waals surface area contributed by atoms with Crippen LogP contribution in [-0.2, 0) is 16.0 Å². The van der Waals surface area contributed by atoms with Crippen LogP contribution in [-0.4, -0.2) is 33.9 Å². The van der Waals surface area contributed by atoms with Crippen molar-refractivity contribution in [1.82, 2.24) is 10.2 Å². The molecule has 9 heteroatoms. The number of fused-ring (bicyclic) bond motifs is 1. The second-order valence-electron chi connectivity index (χ2n) is 4.69. The van der Waals surface area contributed by atoms with Gasteiger partial charge in [0, 0.05) is 10.9 Å². The van der Waals surface area contributed by atoms with E-state index in [2.05, 4.69) is 31.4 Å². The zero-order valence-electron chi connectivity index (χ0n) is 12.0. The fourth-order valence-corrected chi connectivity index (χ4v) is 4.20. The molecular weight excluding hydrogens is 402 g/mol. The van der Waals surface area contributed by atoms with Crippen molar-refractivity contribution in [1.29, 1.82) is 0 Å². The highest BCUT2D eigenvalue weighted by molar-refractivity contribution is 9.10. The van der Waals surface area contributed by atoms with Crippen molar-refractivity contribution < 1.29 is 14.3 Å². The Labute approximate surface area is 149 Å². The number of amides is 1. The van der Waals surface area contributed by atoms with Crippen LogP contribution < -0.4 is 5.32 Å².